The molecule has 0 radical (unpaired) electrons. The highest BCUT2D eigenvalue weighted by atomic mass is 19.4. The van der Waals surface area contributed by atoms with Crippen molar-refractivity contribution in [2.24, 2.45) is 0 Å². The van der Waals surface area contributed by atoms with Crippen LogP contribution in [0, 0.1) is 11.3 Å². The second kappa shape index (κ2) is 11.8. The molecule has 0 aromatic carbocycles. The molecule has 1 saturated heterocycles. The van der Waals surface area contributed by atoms with Crippen LogP contribution < -0.4 is 15.8 Å². The number of carbonyl (C=O) groups is 1. The number of aromatic amines is 1. The van der Waals surface area contributed by atoms with Gasteiger partial charge in [0.1, 0.15) is 5.56 Å². The number of halogens is 3. The fraction of sp³-hybridized carbons (Fsp3) is 0.583. The number of hydrogen-bond donors (Lipinski definition) is 2. The van der Waals surface area contributed by atoms with Gasteiger partial charge in [0.05, 0.1) is 50.1 Å². The first-order valence-corrected chi connectivity index (χ1v) is 12.4. The van der Waals surface area contributed by atoms with Crippen LogP contribution in [-0.4, -0.2) is 75.9 Å². The van der Waals surface area contributed by atoms with Crippen molar-refractivity contribution in [3.8, 4) is 6.07 Å². The molecule has 0 spiro atoms. The molecule has 2 N–H and O–H groups in total. The molecule has 2 aromatic heterocycles. The van der Waals surface area contributed by atoms with Crippen molar-refractivity contribution in [1.82, 2.24) is 25.1 Å². The minimum atomic E-state index is -4.85. The highest BCUT2D eigenvalue weighted by molar-refractivity contribution is 5.77. The molecule has 1 saturated carbocycles. The second-order valence-electron chi connectivity index (χ2n) is 9.50. The van der Waals surface area contributed by atoms with Gasteiger partial charge in [0, 0.05) is 38.1 Å². The summed E-state index contributed by atoms with van der Waals surface area (Å²) in [6.07, 6.45) is 2.29. The van der Waals surface area contributed by atoms with E-state index < -0.39 is 29.0 Å². The molecule has 2 aromatic rings. The van der Waals surface area contributed by atoms with Gasteiger partial charge in [-0.2, -0.15) is 23.5 Å². The number of H-pyrrole nitrogens is 1. The molecule has 3 heterocycles. The van der Waals surface area contributed by atoms with Crippen LogP contribution in [0.1, 0.15) is 49.7 Å². The van der Waals surface area contributed by atoms with Crippen molar-refractivity contribution >= 4 is 17.5 Å². The Morgan fingerprint density at radius 1 is 1.29 bits per heavy atom. The predicted octanol–water partition coefficient (Wildman–Crippen LogP) is 2.29. The van der Waals surface area contributed by atoms with Gasteiger partial charge in [-0.25, -0.2) is 15.1 Å². The highest BCUT2D eigenvalue weighted by Gasteiger charge is 2.37. The standard InChI is InChI=1S/C24H29F3N8O3/c1-15(32-19-12-31-33-22(37)21(19)24(25,26)27)14-38-9-5-20(36)35-8-7-34(13-18(35)4-6-28)23-29-10-17(11-30-23)16-2-3-16/h10-12,15-16,18H,2-5,7-9,13-14H2,1H3,(H2,32,33,37). The fourth-order valence-electron chi connectivity index (χ4n) is 4.43. The van der Waals surface area contributed by atoms with Crippen molar-refractivity contribution in [2.45, 2.75) is 56.8 Å². The number of rotatable bonds is 10. The highest BCUT2D eigenvalue weighted by Crippen LogP contribution is 2.39. The van der Waals surface area contributed by atoms with Crippen LogP contribution >= 0.6 is 0 Å². The van der Waals surface area contributed by atoms with Crippen LogP contribution in [-0.2, 0) is 15.7 Å². The van der Waals surface area contributed by atoms with Crippen LogP contribution in [0.5, 0.6) is 0 Å². The third-order valence-electron chi connectivity index (χ3n) is 6.49. The molecule has 1 aliphatic heterocycles. The van der Waals surface area contributed by atoms with Gasteiger partial charge in [-0.05, 0) is 31.2 Å². The SMILES string of the molecule is CC(COCCC(=O)N1CCN(c2ncc(C3CC3)cn2)CC1CC#N)Nc1cn[nH]c(=O)c1C(F)(F)F. The van der Waals surface area contributed by atoms with Crippen molar-refractivity contribution in [3.63, 3.8) is 0 Å². The zero-order valence-corrected chi connectivity index (χ0v) is 20.9. The van der Waals surface area contributed by atoms with E-state index in [1.165, 1.54) is 0 Å². The van der Waals surface area contributed by atoms with E-state index in [1.807, 2.05) is 17.3 Å². The van der Waals surface area contributed by atoms with E-state index in [4.69, 9.17) is 4.74 Å². The van der Waals surface area contributed by atoms with E-state index in [-0.39, 0.29) is 38.0 Å². The molecule has 14 heteroatoms. The van der Waals surface area contributed by atoms with Gasteiger partial charge >= 0.3 is 6.18 Å². The molecule has 38 heavy (non-hydrogen) atoms. The predicted molar refractivity (Wildman–Crippen MR) is 130 cm³/mol. The Morgan fingerprint density at radius 2 is 2.03 bits per heavy atom. The Bertz CT molecular complexity index is 1210. The number of nitrogens with one attached hydrogen (secondary N) is 2. The van der Waals surface area contributed by atoms with Gasteiger partial charge in [-0.3, -0.25) is 9.59 Å². The summed E-state index contributed by atoms with van der Waals surface area (Å²) in [5, 5.41) is 17.1. The largest absolute Gasteiger partial charge is 0.423 e. The van der Waals surface area contributed by atoms with E-state index >= 15 is 0 Å². The summed E-state index contributed by atoms with van der Waals surface area (Å²) in [5.74, 6) is 0.968. The first-order valence-electron chi connectivity index (χ1n) is 12.4. The van der Waals surface area contributed by atoms with Crippen LogP contribution in [0.4, 0.5) is 24.8 Å². The Labute approximate surface area is 217 Å². The lowest BCUT2D eigenvalue weighted by Gasteiger charge is -2.40. The average molecular weight is 535 g/mol. The quantitative estimate of drug-likeness (QED) is 0.439. The number of carbonyl (C=O) groups excluding carboxylic acids is 1. The van der Waals surface area contributed by atoms with Gasteiger partial charge in [0.15, 0.2) is 0 Å². The van der Waals surface area contributed by atoms with E-state index in [1.54, 1.807) is 16.9 Å². The minimum Gasteiger partial charge on any atom is -0.379 e. The van der Waals surface area contributed by atoms with E-state index in [9.17, 15) is 28.0 Å². The van der Waals surface area contributed by atoms with Crippen LogP contribution in [0.25, 0.3) is 0 Å². The summed E-state index contributed by atoms with van der Waals surface area (Å²) in [7, 11) is 0. The molecule has 1 aliphatic carbocycles. The molecule has 2 atom stereocenters. The second-order valence-corrected chi connectivity index (χ2v) is 9.50. The summed E-state index contributed by atoms with van der Waals surface area (Å²) < 4.78 is 45.1. The molecule has 4 rings (SSSR count). The maximum Gasteiger partial charge on any atom is 0.423 e. The molecular formula is C24H29F3N8O3. The zero-order valence-electron chi connectivity index (χ0n) is 20.9. The minimum absolute atomic E-state index is 0.000962. The lowest BCUT2D eigenvalue weighted by Crippen LogP contribution is -2.55. The van der Waals surface area contributed by atoms with E-state index in [0.717, 1.165) is 24.6 Å². The third-order valence-corrected chi connectivity index (χ3v) is 6.49. The molecule has 2 unspecified atom stereocenters. The molecular weight excluding hydrogens is 505 g/mol. The molecule has 2 aliphatic rings. The average Bonchev–Trinajstić information content (AvgIpc) is 3.72. The molecule has 11 nitrogen and oxygen atoms in total. The fourth-order valence-corrected chi connectivity index (χ4v) is 4.43. The molecule has 0 bridgehead atoms. The summed E-state index contributed by atoms with van der Waals surface area (Å²) >= 11 is 0. The summed E-state index contributed by atoms with van der Waals surface area (Å²) in [6.45, 7) is 3.02. The number of hydrogen-bond acceptors (Lipinski definition) is 9. The Kier molecular flexibility index (Phi) is 8.45. The first-order chi connectivity index (χ1) is 18.2. The number of nitriles is 1. The summed E-state index contributed by atoms with van der Waals surface area (Å²) in [4.78, 5) is 37.1. The molecule has 2 fully saturated rings. The van der Waals surface area contributed by atoms with Crippen molar-refractivity contribution in [2.75, 3.05) is 43.1 Å². The lowest BCUT2D eigenvalue weighted by molar-refractivity contribution is -0.138. The normalized spacial score (nSPS) is 18.7. The Morgan fingerprint density at radius 3 is 2.68 bits per heavy atom. The van der Waals surface area contributed by atoms with Crippen molar-refractivity contribution < 1.29 is 22.7 Å². The lowest BCUT2D eigenvalue weighted by atomic mass is 10.1. The van der Waals surface area contributed by atoms with Crippen molar-refractivity contribution in [3.05, 3.63) is 40.1 Å². The van der Waals surface area contributed by atoms with Crippen LogP contribution in [0.15, 0.2) is 23.4 Å². The van der Waals surface area contributed by atoms with Gasteiger partial charge in [-0.15, -0.1) is 0 Å². The monoisotopic (exact) mass is 534 g/mol. The van der Waals surface area contributed by atoms with Gasteiger partial charge in [0.2, 0.25) is 11.9 Å². The smallest absolute Gasteiger partial charge is 0.379 e. The Hall–Kier alpha value is -3.73. The maximum atomic E-state index is 13.2. The van der Waals surface area contributed by atoms with Crippen molar-refractivity contribution in [1.29, 1.82) is 5.26 Å². The van der Waals surface area contributed by atoms with Gasteiger partial charge in [-0.1, -0.05) is 0 Å². The topological polar surface area (TPSA) is 140 Å². The third kappa shape index (κ3) is 6.77. The summed E-state index contributed by atoms with van der Waals surface area (Å²) in [6, 6.07) is 1.23. The van der Waals surface area contributed by atoms with Crippen LogP contribution in [0.3, 0.4) is 0 Å². The van der Waals surface area contributed by atoms with E-state index in [0.29, 0.717) is 31.5 Å². The number of aromatic nitrogens is 4. The number of nitrogens with zero attached hydrogens (tertiary/aromatic N) is 6. The first kappa shape index (κ1) is 27.3. The zero-order chi connectivity index (χ0) is 27.3. The number of alkyl halides is 3. The number of anilines is 2. The molecule has 1 amide bonds. The van der Waals surface area contributed by atoms with Gasteiger partial charge in [0.25, 0.3) is 5.56 Å². The number of amides is 1. The number of piperazine rings is 1. The molecule has 204 valence electrons. The maximum absolute atomic E-state index is 13.2. The van der Waals surface area contributed by atoms with E-state index in [2.05, 4.69) is 26.5 Å². The summed E-state index contributed by atoms with van der Waals surface area (Å²) in [5.41, 5.74) is -2.01. The van der Waals surface area contributed by atoms with Gasteiger partial charge < -0.3 is 19.9 Å². The Balaban J connectivity index is 1.25. The van der Waals surface area contributed by atoms with Crippen LogP contribution in [0.2, 0.25) is 0 Å². The number of ether oxygens (including phenoxy) is 1.